The Morgan fingerprint density at radius 3 is 2.47 bits per heavy atom. The SMILES string of the molecule is FC(F)(COc1cc(Br)ccc1Cl)c1ccccc1. The van der Waals surface area contributed by atoms with Crippen molar-refractivity contribution in [1.29, 1.82) is 0 Å². The van der Waals surface area contributed by atoms with Gasteiger partial charge in [0.2, 0.25) is 0 Å². The van der Waals surface area contributed by atoms with E-state index in [0.717, 1.165) is 4.47 Å². The van der Waals surface area contributed by atoms with Crippen LogP contribution in [0.4, 0.5) is 8.78 Å². The van der Waals surface area contributed by atoms with Gasteiger partial charge in [0.15, 0.2) is 6.61 Å². The molecule has 0 aromatic heterocycles. The number of ether oxygens (including phenoxy) is 1. The molecule has 2 aromatic rings. The van der Waals surface area contributed by atoms with Gasteiger partial charge in [-0.1, -0.05) is 57.9 Å². The van der Waals surface area contributed by atoms with Crippen molar-refractivity contribution in [2.24, 2.45) is 0 Å². The Hall–Kier alpha value is -1.13. The highest BCUT2D eigenvalue weighted by molar-refractivity contribution is 9.10. The van der Waals surface area contributed by atoms with Crippen LogP contribution in [-0.2, 0) is 5.92 Å². The minimum Gasteiger partial charge on any atom is -0.485 e. The second kappa shape index (κ2) is 5.88. The molecule has 0 bridgehead atoms. The third kappa shape index (κ3) is 3.67. The van der Waals surface area contributed by atoms with Crippen molar-refractivity contribution >= 4 is 27.5 Å². The molecule has 0 fully saturated rings. The maximum absolute atomic E-state index is 13.9. The van der Waals surface area contributed by atoms with E-state index in [9.17, 15) is 8.78 Å². The van der Waals surface area contributed by atoms with Gasteiger partial charge in [-0.2, -0.15) is 8.78 Å². The van der Waals surface area contributed by atoms with Crippen LogP contribution in [0.1, 0.15) is 5.56 Å². The van der Waals surface area contributed by atoms with Crippen molar-refractivity contribution in [3.8, 4) is 5.75 Å². The molecule has 0 saturated carbocycles. The summed E-state index contributed by atoms with van der Waals surface area (Å²) in [6.07, 6.45) is 0. The molecule has 0 aliphatic carbocycles. The molecule has 0 atom stereocenters. The highest BCUT2D eigenvalue weighted by Crippen LogP contribution is 2.32. The van der Waals surface area contributed by atoms with E-state index in [2.05, 4.69) is 15.9 Å². The number of benzene rings is 2. The fourth-order valence-electron chi connectivity index (χ4n) is 1.52. The zero-order valence-electron chi connectivity index (χ0n) is 9.75. The highest BCUT2D eigenvalue weighted by atomic mass is 79.9. The van der Waals surface area contributed by atoms with Crippen molar-refractivity contribution < 1.29 is 13.5 Å². The number of alkyl halides is 2. The van der Waals surface area contributed by atoms with Crippen LogP contribution in [0.25, 0.3) is 0 Å². The summed E-state index contributed by atoms with van der Waals surface area (Å²) in [6.45, 7) is -0.757. The van der Waals surface area contributed by atoms with Crippen molar-refractivity contribution in [3.63, 3.8) is 0 Å². The second-order valence-corrected chi connectivity index (χ2v) is 5.26. The minimum absolute atomic E-state index is 0.0823. The van der Waals surface area contributed by atoms with Gasteiger partial charge in [0.1, 0.15) is 5.75 Å². The molecule has 0 aliphatic rings. The molecule has 0 unspecified atom stereocenters. The van der Waals surface area contributed by atoms with Crippen LogP contribution >= 0.6 is 27.5 Å². The number of hydrogen-bond donors (Lipinski definition) is 0. The van der Waals surface area contributed by atoms with Gasteiger partial charge in [-0.25, -0.2) is 0 Å². The van der Waals surface area contributed by atoms with E-state index in [1.807, 2.05) is 0 Å². The maximum Gasteiger partial charge on any atom is 0.306 e. The lowest BCUT2D eigenvalue weighted by molar-refractivity contribution is -0.0467. The van der Waals surface area contributed by atoms with Gasteiger partial charge in [-0.15, -0.1) is 0 Å². The van der Waals surface area contributed by atoms with Gasteiger partial charge in [0, 0.05) is 10.0 Å². The van der Waals surface area contributed by atoms with E-state index >= 15 is 0 Å². The Bertz CT molecular complexity index is 561. The average molecular weight is 348 g/mol. The second-order valence-electron chi connectivity index (χ2n) is 3.93. The molecule has 5 heteroatoms. The molecule has 0 N–H and O–H groups in total. The fraction of sp³-hybridized carbons (Fsp3) is 0.143. The Kier molecular flexibility index (Phi) is 4.42. The molecule has 2 rings (SSSR count). The molecule has 0 heterocycles. The van der Waals surface area contributed by atoms with Gasteiger partial charge in [0.25, 0.3) is 0 Å². The van der Waals surface area contributed by atoms with E-state index in [0.29, 0.717) is 5.02 Å². The Morgan fingerprint density at radius 1 is 1.11 bits per heavy atom. The third-order valence-electron chi connectivity index (χ3n) is 2.50. The molecule has 19 heavy (non-hydrogen) atoms. The van der Waals surface area contributed by atoms with Gasteiger partial charge in [-0.3, -0.25) is 0 Å². The van der Waals surface area contributed by atoms with Gasteiger partial charge in [0.05, 0.1) is 5.02 Å². The summed E-state index contributed by atoms with van der Waals surface area (Å²) in [5, 5.41) is 0.298. The van der Waals surface area contributed by atoms with Crippen LogP contribution in [-0.4, -0.2) is 6.61 Å². The molecule has 0 radical (unpaired) electrons. The zero-order chi connectivity index (χ0) is 13.9. The van der Waals surface area contributed by atoms with Crippen LogP contribution < -0.4 is 4.74 Å². The molecule has 1 nitrogen and oxygen atoms in total. The number of hydrogen-bond acceptors (Lipinski definition) is 1. The molecule has 0 saturated heterocycles. The number of halogens is 4. The summed E-state index contributed by atoms with van der Waals surface area (Å²) in [7, 11) is 0. The van der Waals surface area contributed by atoms with Crippen LogP contribution in [0, 0.1) is 0 Å². The summed E-state index contributed by atoms with van der Waals surface area (Å²) >= 11 is 9.12. The van der Waals surface area contributed by atoms with Crippen LogP contribution in [0.3, 0.4) is 0 Å². The topological polar surface area (TPSA) is 9.23 Å². The monoisotopic (exact) mass is 346 g/mol. The normalized spacial score (nSPS) is 11.4. The quantitative estimate of drug-likeness (QED) is 0.732. The van der Waals surface area contributed by atoms with E-state index in [-0.39, 0.29) is 11.3 Å². The Balaban J connectivity index is 2.12. The Morgan fingerprint density at radius 2 is 1.79 bits per heavy atom. The largest absolute Gasteiger partial charge is 0.485 e. The van der Waals surface area contributed by atoms with Crippen molar-refractivity contribution in [2.45, 2.75) is 5.92 Å². The van der Waals surface area contributed by atoms with Crippen LogP contribution in [0.2, 0.25) is 5.02 Å². The first-order valence-electron chi connectivity index (χ1n) is 5.50. The molecular weight excluding hydrogens is 338 g/mol. The van der Waals surface area contributed by atoms with E-state index in [4.69, 9.17) is 16.3 Å². The number of rotatable bonds is 4. The lowest BCUT2D eigenvalue weighted by Crippen LogP contribution is -2.23. The summed E-state index contributed by atoms with van der Waals surface area (Å²) in [5.41, 5.74) is -0.0823. The van der Waals surface area contributed by atoms with E-state index < -0.39 is 12.5 Å². The summed E-state index contributed by atoms with van der Waals surface area (Å²) in [4.78, 5) is 0. The standard InChI is InChI=1S/C14H10BrClF2O/c15-11-6-7-12(16)13(8-11)19-9-14(17,18)10-4-2-1-3-5-10/h1-8H,9H2. The third-order valence-corrected chi connectivity index (χ3v) is 3.30. The smallest absolute Gasteiger partial charge is 0.306 e. The highest BCUT2D eigenvalue weighted by Gasteiger charge is 2.32. The maximum atomic E-state index is 13.9. The van der Waals surface area contributed by atoms with Crippen molar-refractivity contribution in [3.05, 3.63) is 63.6 Å². The predicted molar refractivity (Wildman–Crippen MR) is 75.0 cm³/mol. The van der Waals surface area contributed by atoms with E-state index in [1.165, 1.54) is 12.1 Å². The first-order chi connectivity index (χ1) is 8.99. The lowest BCUT2D eigenvalue weighted by atomic mass is 10.1. The lowest BCUT2D eigenvalue weighted by Gasteiger charge is -2.18. The Labute approximate surface area is 123 Å². The minimum atomic E-state index is -3.06. The zero-order valence-corrected chi connectivity index (χ0v) is 12.1. The summed E-state index contributed by atoms with van der Waals surface area (Å²) in [6, 6.07) is 12.4. The van der Waals surface area contributed by atoms with Gasteiger partial charge in [-0.05, 0) is 18.2 Å². The average Bonchev–Trinajstić information content (AvgIpc) is 2.41. The molecule has 2 aromatic carbocycles. The molecule has 100 valence electrons. The fourth-order valence-corrected chi connectivity index (χ4v) is 2.03. The molecule has 0 aliphatic heterocycles. The van der Waals surface area contributed by atoms with Crippen molar-refractivity contribution in [2.75, 3.05) is 6.61 Å². The molecule has 0 amide bonds. The van der Waals surface area contributed by atoms with Crippen molar-refractivity contribution in [1.82, 2.24) is 0 Å². The van der Waals surface area contributed by atoms with Gasteiger partial charge >= 0.3 is 5.92 Å². The van der Waals surface area contributed by atoms with Crippen LogP contribution in [0.15, 0.2) is 53.0 Å². The van der Waals surface area contributed by atoms with Gasteiger partial charge < -0.3 is 4.74 Å². The van der Waals surface area contributed by atoms with Crippen LogP contribution in [0.5, 0.6) is 5.75 Å². The molecule has 0 spiro atoms. The van der Waals surface area contributed by atoms with E-state index in [1.54, 1.807) is 36.4 Å². The predicted octanol–water partition coefficient (Wildman–Crippen LogP) is 5.27. The first-order valence-corrected chi connectivity index (χ1v) is 6.67. The first kappa shape index (κ1) is 14.3. The molecular formula is C14H10BrClF2O. The summed E-state index contributed by atoms with van der Waals surface area (Å²) in [5.74, 6) is -2.83. The summed E-state index contributed by atoms with van der Waals surface area (Å²) < 4.78 is 33.6.